The van der Waals surface area contributed by atoms with E-state index in [1.165, 1.54) is 17.4 Å². The summed E-state index contributed by atoms with van der Waals surface area (Å²) in [4.78, 5) is 22.2. The Morgan fingerprint density at radius 3 is 2.91 bits per heavy atom. The van der Waals surface area contributed by atoms with E-state index < -0.39 is 5.82 Å². The van der Waals surface area contributed by atoms with Crippen molar-refractivity contribution in [1.29, 1.82) is 0 Å². The van der Waals surface area contributed by atoms with Crippen LogP contribution in [0.3, 0.4) is 0 Å². The number of pyridine rings is 1. The molecule has 2 aromatic heterocycles. The predicted molar refractivity (Wildman–Crippen MR) is 99.4 cm³/mol. The van der Waals surface area contributed by atoms with Crippen LogP contribution >= 0.6 is 45.7 Å². The molecule has 118 valence electrons. The number of nitrogens with zero attached hydrogens (tertiary/aromatic N) is 3. The fourth-order valence-corrected chi connectivity index (χ4v) is 4.03. The Balaban J connectivity index is 2.30. The van der Waals surface area contributed by atoms with Gasteiger partial charge in [0.25, 0.3) is 0 Å². The molecule has 0 aliphatic carbocycles. The van der Waals surface area contributed by atoms with Crippen molar-refractivity contribution in [2.24, 2.45) is 0 Å². The Hall–Kier alpha value is -0.740. The van der Waals surface area contributed by atoms with Crippen molar-refractivity contribution in [3.63, 3.8) is 0 Å². The molecule has 2 aromatic rings. The average molecular weight is 451 g/mol. The summed E-state index contributed by atoms with van der Waals surface area (Å²) in [5.74, 6) is 0.463. The van der Waals surface area contributed by atoms with Crippen molar-refractivity contribution in [2.75, 3.05) is 24.0 Å². The van der Waals surface area contributed by atoms with E-state index in [0.29, 0.717) is 21.4 Å². The molecule has 0 radical (unpaired) electrons. The van der Waals surface area contributed by atoms with Gasteiger partial charge in [-0.15, -0.1) is 0 Å². The molecule has 0 aromatic carbocycles. The fourth-order valence-electron chi connectivity index (χ4n) is 1.82. The zero-order valence-corrected chi connectivity index (χ0v) is 16.0. The molecule has 0 bridgehead atoms. The van der Waals surface area contributed by atoms with Crippen molar-refractivity contribution in [3.8, 4) is 10.6 Å². The highest BCUT2D eigenvalue weighted by molar-refractivity contribution is 14.1. The second-order valence-electron chi connectivity index (χ2n) is 4.49. The van der Waals surface area contributed by atoms with E-state index in [0.717, 1.165) is 22.6 Å². The quantitative estimate of drug-likeness (QED) is 0.492. The van der Waals surface area contributed by atoms with Gasteiger partial charge in [-0.25, -0.2) is 9.37 Å². The van der Waals surface area contributed by atoms with Gasteiger partial charge in [0.15, 0.2) is 0 Å². The molecule has 2 rings (SSSR count). The summed E-state index contributed by atoms with van der Waals surface area (Å²) in [7, 11) is 1.76. The molecule has 0 N–H and O–H groups in total. The van der Waals surface area contributed by atoms with Crippen LogP contribution < -0.4 is 4.90 Å². The second-order valence-corrected chi connectivity index (χ2v) is 7.22. The highest BCUT2D eigenvalue weighted by Gasteiger charge is 2.19. The number of rotatable bonds is 6. The van der Waals surface area contributed by atoms with Gasteiger partial charge in [0.05, 0.1) is 11.9 Å². The number of hydrogen-bond donors (Lipinski definition) is 0. The lowest BCUT2D eigenvalue weighted by Gasteiger charge is -2.15. The third-order valence-electron chi connectivity index (χ3n) is 2.95. The molecule has 1 amide bonds. The van der Waals surface area contributed by atoms with Crippen LogP contribution in [-0.4, -0.2) is 34.9 Å². The van der Waals surface area contributed by atoms with Gasteiger partial charge in [0.2, 0.25) is 5.91 Å². The molecular formula is C14H15FIN3OS2. The largest absolute Gasteiger partial charge is 0.305 e. The van der Waals surface area contributed by atoms with E-state index in [1.807, 2.05) is 6.26 Å². The number of anilines is 1. The van der Waals surface area contributed by atoms with E-state index in [-0.39, 0.29) is 5.91 Å². The van der Waals surface area contributed by atoms with Gasteiger partial charge < -0.3 is 4.90 Å². The highest BCUT2D eigenvalue weighted by atomic mass is 127. The topological polar surface area (TPSA) is 46.1 Å². The Morgan fingerprint density at radius 1 is 1.50 bits per heavy atom. The molecule has 0 aliphatic rings. The molecule has 0 aliphatic heterocycles. The number of amides is 1. The molecular weight excluding hydrogens is 436 g/mol. The monoisotopic (exact) mass is 451 g/mol. The van der Waals surface area contributed by atoms with Crippen molar-refractivity contribution in [1.82, 2.24) is 9.97 Å². The molecule has 0 saturated carbocycles. The zero-order chi connectivity index (χ0) is 16.1. The van der Waals surface area contributed by atoms with E-state index in [9.17, 15) is 9.18 Å². The number of aromatic nitrogens is 2. The van der Waals surface area contributed by atoms with Crippen LogP contribution in [0.25, 0.3) is 10.6 Å². The maximum atomic E-state index is 13.3. The number of alkyl halides is 1. The van der Waals surface area contributed by atoms with Crippen LogP contribution in [0.1, 0.15) is 12.1 Å². The maximum Gasteiger partial charge on any atom is 0.228 e. The summed E-state index contributed by atoms with van der Waals surface area (Å²) >= 11 is 5.25. The van der Waals surface area contributed by atoms with Crippen molar-refractivity contribution in [3.05, 3.63) is 30.0 Å². The molecule has 8 heteroatoms. The SMILES string of the molecule is CSCCC(=O)N(C)c1sc(-c2cncc(F)c2)nc1CI. The average Bonchev–Trinajstić information content (AvgIpc) is 2.96. The van der Waals surface area contributed by atoms with E-state index in [4.69, 9.17) is 0 Å². The number of carbonyl (C=O) groups is 1. The second kappa shape index (κ2) is 8.21. The Labute approximate surface area is 150 Å². The van der Waals surface area contributed by atoms with Crippen LogP contribution in [0.15, 0.2) is 18.5 Å². The summed E-state index contributed by atoms with van der Waals surface area (Å²) in [5.41, 5.74) is 1.47. The first-order chi connectivity index (χ1) is 10.6. The van der Waals surface area contributed by atoms with Gasteiger partial charge in [-0.3, -0.25) is 9.78 Å². The maximum absolute atomic E-state index is 13.3. The lowest BCUT2D eigenvalue weighted by Crippen LogP contribution is -2.26. The van der Waals surface area contributed by atoms with Crippen LogP contribution in [0, 0.1) is 5.82 Å². The number of hydrogen-bond acceptors (Lipinski definition) is 5. The van der Waals surface area contributed by atoms with E-state index in [2.05, 4.69) is 32.6 Å². The lowest BCUT2D eigenvalue weighted by atomic mass is 10.3. The van der Waals surface area contributed by atoms with Crippen LogP contribution in [0.4, 0.5) is 9.39 Å². The minimum Gasteiger partial charge on any atom is -0.305 e. The van der Waals surface area contributed by atoms with Gasteiger partial charge in [-0.1, -0.05) is 33.9 Å². The van der Waals surface area contributed by atoms with Crippen molar-refractivity contribution >= 4 is 56.6 Å². The molecule has 0 fully saturated rings. The van der Waals surface area contributed by atoms with Crippen molar-refractivity contribution < 1.29 is 9.18 Å². The molecule has 0 saturated heterocycles. The van der Waals surface area contributed by atoms with E-state index >= 15 is 0 Å². The predicted octanol–water partition coefficient (Wildman–Crippen LogP) is 4.00. The fraction of sp³-hybridized carbons (Fsp3) is 0.357. The number of halogens is 2. The van der Waals surface area contributed by atoms with Gasteiger partial charge in [0.1, 0.15) is 15.8 Å². The molecule has 0 spiro atoms. The zero-order valence-electron chi connectivity index (χ0n) is 12.2. The first kappa shape index (κ1) is 17.6. The number of carbonyl (C=O) groups excluding carboxylic acids is 1. The molecule has 4 nitrogen and oxygen atoms in total. The summed E-state index contributed by atoms with van der Waals surface area (Å²) in [6.45, 7) is 0. The summed E-state index contributed by atoms with van der Waals surface area (Å²) in [6, 6.07) is 1.40. The molecule has 0 unspecified atom stereocenters. The Morgan fingerprint density at radius 2 is 2.27 bits per heavy atom. The molecule has 0 atom stereocenters. The third-order valence-corrected chi connectivity index (χ3v) is 5.51. The van der Waals surface area contributed by atoms with Crippen LogP contribution in [-0.2, 0) is 9.22 Å². The lowest BCUT2D eigenvalue weighted by molar-refractivity contribution is -0.117. The summed E-state index contributed by atoms with van der Waals surface area (Å²) in [6.07, 6.45) is 5.21. The molecule has 22 heavy (non-hydrogen) atoms. The van der Waals surface area contributed by atoms with Gasteiger partial charge in [-0.05, 0) is 12.3 Å². The first-order valence-corrected chi connectivity index (χ1v) is 10.2. The first-order valence-electron chi connectivity index (χ1n) is 6.49. The summed E-state index contributed by atoms with van der Waals surface area (Å²) < 4.78 is 14.0. The van der Waals surface area contributed by atoms with Crippen LogP contribution in [0.5, 0.6) is 0 Å². The molecule has 2 heterocycles. The standard InChI is InChI=1S/C14H15FIN3OS2/c1-19(12(20)3-4-21-2)14-11(6-16)18-13(22-14)9-5-10(15)8-17-7-9/h5,7-8H,3-4,6H2,1-2H3. The number of thiazole rings is 1. The van der Waals surface area contributed by atoms with Gasteiger partial charge in [-0.2, -0.15) is 11.8 Å². The van der Waals surface area contributed by atoms with Gasteiger partial charge in [0, 0.05) is 35.4 Å². The Kier molecular flexibility index (Phi) is 6.57. The van der Waals surface area contributed by atoms with Crippen molar-refractivity contribution in [2.45, 2.75) is 10.8 Å². The summed E-state index contributed by atoms with van der Waals surface area (Å²) in [5, 5.41) is 1.50. The van der Waals surface area contributed by atoms with Crippen LogP contribution in [0.2, 0.25) is 0 Å². The minimum atomic E-state index is -0.394. The minimum absolute atomic E-state index is 0.0630. The Bertz CT molecular complexity index is 665. The highest BCUT2D eigenvalue weighted by Crippen LogP contribution is 2.35. The van der Waals surface area contributed by atoms with E-state index in [1.54, 1.807) is 29.9 Å². The smallest absolute Gasteiger partial charge is 0.228 e. The number of thioether (sulfide) groups is 1. The van der Waals surface area contributed by atoms with Gasteiger partial charge >= 0.3 is 0 Å². The third kappa shape index (κ3) is 4.17. The normalized spacial score (nSPS) is 10.7.